The van der Waals surface area contributed by atoms with Crippen LogP contribution in [0.15, 0.2) is 30.3 Å². The van der Waals surface area contributed by atoms with Crippen LogP contribution in [0.1, 0.15) is 34.0 Å². The van der Waals surface area contributed by atoms with Crippen molar-refractivity contribution in [2.45, 2.75) is 27.2 Å². The Morgan fingerprint density at radius 3 is 2.26 bits per heavy atom. The lowest BCUT2D eigenvalue weighted by Crippen LogP contribution is -2.15. The molecule has 0 saturated carbocycles. The molecule has 0 aliphatic carbocycles. The molecule has 0 aliphatic rings. The molecule has 0 fully saturated rings. The van der Waals surface area contributed by atoms with Gasteiger partial charge in [-0.1, -0.05) is 24.6 Å². The van der Waals surface area contributed by atoms with E-state index in [0.29, 0.717) is 17.1 Å². The number of anilines is 1. The van der Waals surface area contributed by atoms with Crippen molar-refractivity contribution in [1.82, 2.24) is 0 Å². The molecule has 0 heterocycles. The highest BCUT2D eigenvalue weighted by molar-refractivity contribution is 6.06. The minimum Gasteiger partial charge on any atom is -0.493 e. The van der Waals surface area contributed by atoms with E-state index in [2.05, 4.69) is 5.32 Å². The molecule has 0 unspecified atom stereocenters. The molecule has 2 aromatic carbocycles. The van der Waals surface area contributed by atoms with Crippen molar-refractivity contribution in [3.8, 4) is 11.5 Å². The number of carbonyl (C=O) groups excluding carboxylic acids is 1. The first-order valence-corrected chi connectivity index (χ1v) is 7.63. The van der Waals surface area contributed by atoms with Crippen molar-refractivity contribution in [2.75, 3.05) is 19.5 Å². The molecule has 0 radical (unpaired) electrons. The van der Waals surface area contributed by atoms with E-state index in [-0.39, 0.29) is 5.91 Å². The number of carbonyl (C=O) groups is 1. The Balaban J connectivity index is 2.38. The summed E-state index contributed by atoms with van der Waals surface area (Å²) < 4.78 is 10.6. The van der Waals surface area contributed by atoms with Gasteiger partial charge in [0.2, 0.25) is 0 Å². The zero-order valence-corrected chi connectivity index (χ0v) is 14.3. The second-order valence-electron chi connectivity index (χ2n) is 5.49. The van der Waals surface area contributed by atoms with Gasteiger partial charge in [-0.05, 0) is 49.6 Å². The summed E-state index contributed by atoms with van der Waals surface area (Å²) in [7, 11) is 3.15. The van der Waals surface area contributed by atoms with E-state index in [1.165, 1.54) is 5.56 Å². The number of methoxy groups -OCH3 is 2. The molecular formula is C19H23NO3. The number of amides is 1. The Morgan fingerprint density at radius 1 is 1.04 bits per heavy atom. The molecule has 1 N–H and O–H groups in total. The Hall–Kier alpha value is -2.49. The molecule has 0 saturated heterocycles. The first kappa shape index (κ1) is 16.9. The van der Waals surface area contributed by atoms with Crippen LogP contribution in [-0.2, 0) is 6.42 Å². The van der Waals surface area contributed by atoms with E-state index in [1.807, 2.05) is 45.0 Å². The zero-order chi connectivity index (χ0) is 17.0. The maximum atomic E-state index is 12.7. The fraction of sp³-hybridized carbons (Fsp3) is 0.316. The fourth-order valence-electron chi connectivity index (χ4n) is 2.57. The second-order valence-corrected chi connectivity index (χ2v) is 5.49. The molecule has 23 heavy (non-hydrogen) atoms. The summed E-state index contributed by atoms with van der Waals surface area (Å²) in [5.74, 6) is 1.04. The molecule has 0 atom stereocenters. The molecule has 0 aromatic heterocycles. The maximum Gasteiger partial charge on any atom is 0.256 e. The molecule has 0 aliphatic heterocycles. The van der Waals surface area contributed by atoms with Crippen LogP contribution < -0.4 is 14.8 Å². The van der Waals surface area contributed by atoms with Gasteiger partial charge in [0, 0.05) is 11.3 Å². The second kappa shape index (κ2) is 7.18. The molecular weight excluding hydrogens is 290 g/mol. The molecule has 0 bridgehead atoms. The Kier molecular flexibility index (Phi) is 5.27. The van der Waals surface area contributed by atoms with Gasteiger partial charge < -0.3 is 14.8 Å². The average molecular weight is 313 g/mol. The highest BCUT2D eigenvalue weighted by atomic mass is 16.5. The number of hydrogen-bond donors (Lipinski definition) is 1. The maximum absolute atomic E-state index is 12.7. The molecule has 2 aromatic rings. The summed E-state index contributed by atoms with van der Waals surface area (Å²) in [6.45, 7) is 6.02. The number of ether oxygens (including phenoxy) is 2. The van der Waals surface area contributed by atoms with E-state index in [1.54, 1.807) is 20.3 Å². The number of aryl methyl sites for hydroxylation is 3. The zero-order valence-electron chi connectivity index (χ0n) is 14.3. The Morgan fingerprint density at radius 2 is 1.70 bits per heavy atom. The normalized spacial score (nSPS) is 10.3. The van der Waals surface area contributed by atoms with Gasteiger partial charge >= 0.3 is 0 Å². The Bertz CT molecular complexity index is 723. The van der Waals surface area contributed by atoms with Crippen molar-refractivity contribution in [3.63, 3.8) is 0 Å². The van der Waals surface area contributed by atoms with Crippen molar-refractivity contribution >= 4 is 11.6 Å². The van der Waals surface area contributed by atoms with Gasteiger partial charge in [-0.15, -0.1) is 0 Å². The smallest absolute Gasteiger partial charge is 0.256 e. The van der Waals surface area contributed by atoms with Crippen LogP contribution in [0.4, 0.5) is 5.69 Å². The molecule has 122 valence electrons. The summed E-state index contributed by atoms with van der Waals surface area (Å²) in [6, 6.07) is 9.55. The molecule has 0 spiro atoms. The number of benzene rings is 2. The molecule has 1 amide bonds. The van der Waals surface area contributed by atoms with Crippen LogP contribution in [0, 0.1) is 13.8 Å². The lowest BCUT2D eigenvalue weighted by Gasteiger charge is -2.15. The minimum absolute atomic E-state index is 0.144. The molecule has 4 heteroatoms. The van der Waals surface area contributed by atoms with Gasteiger partial charge in [0.15, 0.2) is 11.5 Å². The third kappa shape index (κ3) is 3.65. The van der Waals surface area contributed by atoms with Gasteiger partial charge in [-0.25, -0.2) is 0 Å². The number of hydrogen-bond acceptors (Lipinski definition) is 3. The average Bonchev–Trinajstić information content (AvgIpc) is 2.55. The predicted octanol–water partition coefficient (Wildman–Crippen LogP) is 4.14. The van der Waals surface area contributed by atoms with Crippen molar-refractivity contribution in [3.05, 3.63) is 52.6 Å². The Labute approximate surface area is 137 Å². The van der Waals surface area contributed by atoms with Crippen molar-refractivity contribution in [1.29, 1.82) is 0 Å². The first-order chi connectivity index (χ1) is 11.0. The van der Waals surface area contributed by atoms with Crippen LogP contribution in [-0.4, -0.2) is 20.1 Å². The third-order valence-electron chi connectivity index (χ3n) is 3.87. The minimum atomic E-state index is -0.144. The highest BCUT2D eigenvalue weighted by Gasteiger charge is 2.16. The predicted molar refractivity (Wildman–Crippen MR) is 92.8 cm³/mol. The van der Waals surface area contributed by atoms with Gasteiger partial charge in [-0.2, -0.15) is 0 Å². The topological polar surface area (TPSA) is 47.6 Å². The monoisotopic (exact) mass is 313 g/mol. The largest absolute Gasteiger partial charge is 0.493 e. The summed E-state index contributed by atoms with van der Waals surface area (Å²) in [4.78, 5) is 12.7. The lowest BCUT2D eigenvalue weighted by atomic mass is 10.0. The van der Waals surface area contributed by atoms with Crippen LogP contribution in [0.3, 0.4) is 0 Å². The van der Waals surface area contributed by atoms with Crippen molar-refractivity contribution in [2.24, 2.45) is 0 Å². The summed E-state index contributed by atoms with van der Waals surface area (Å²) >= 11 is 0. The van der Waals surface area contributed by atoms with Gasteiger partial charge in [-0.3, -0.25) is 4.79 Å². The fourth-order valence-corrected chi connectivity index (χ4v) is 2.57. The van der Waals surface area contributed by atoms with Crippen LogP contribution in [0.25, 0.3) is 0 Å². The summed E-state index contributed by atoms with van der Waals surface area (Å²) in [5, 5.41) is 2.98. The molecule has 2 rings (SSSR count). The van der Waals surface area contributed by atoms with Crippen LogP contribution >= 0.6 is 0 Å². The standard InChI is InChI=1S/C19H23NO3/c1-6-14-10-17(22-4)18(23-5)11-15(14)19(21)20-16-8-7-12(2)9-13(16)3/h7-11H,6H2,1-5H3,(H,20,21). The van der Waals surface area contributed by atoms with Gasteiger partial charge in [0.1, 0.15) is 0 Å². The van der Waals surface area contributed by atoms with E-state index >= 15 is 0 Å². The SMILES string of the molecule is CCc1cc(OC)c(OC)cc1C(=O)Nc1ccc(C)cc1C. The molecule has 4 nitrogen and oxygen atoms in total. The number of nitrogens with one attached hydrogen (secondary N) is 1. The highest BCUT2D eigenvalue weighted by Crippen LogP contribution is 2.31. The number of rotatable bonds is 5. The van der Waals surface area contributed by atoms with Gasteiger partial charge in [0.25, 0.3) is 5.91 Å². The quantitative estimate of drug-likeness (QED) is 0.902. The van der Waals surface area contributed by atoms with Gasteiger partial charge in [0.05, 0.1) is 14.2 Å². The van der Waals surface area contributed by atoms with E-state index in [4.69, 9.17) is 9.47 Å². The van der Waals surface area contributed by atoms with E-state index < -0.39 is 0 Å². The van der Waals surface area contributed by atoms with E-state index in [9.17, 15) is 4.79 Å². The van der Waals surface area contributed by atoms with Crippen LogP contribution in [0.5, 0.6) is 11.5 Å². The summed E-state index contributed by atoms with van der Waals surface area (Å²) in [5.41, 5.74) is 4.55. The van der Waals surface area contributed by atoms with E-state index in [0.717, 1.165) is 23.2 Å². The van der Waals surface area contributed by atoms with Crippen LogP contribution in [0.2, 0.25) is 0 Å². The van der Waals surface area contributed by atoms with Crippen molar-refractivity contribution < 1.29 is 14.3 Å². The third-order valence-corrected chi connectivity index (χ3v) is 3.87. The first-order valence-electron chi connectivity index (χ1n) is 7.63. The summed E-state index contributed by atoms with van der Waals surface area (Å²) in [6.07, 6.45) is 0.732. The lowest BCUT2D eigenvalue weighted by molar-refractivity contribution is 0.102.